The van der Waals surface area contributed by atoms with E-state index in [1.165, 1.54) is 0 Å². The molecule has 7 heteroatoms. The maximum absolute atomic E-state index is 9.80. The molecule has 6 aromatic rings. The Morgan fingerprint density at radius 1 is 0.867 bits per heavy atom. The van der Waals surface area contributed by atoms with Crippen molar-refractivity contribution in [3.63, 3.8) is 0 Å². The van der Waals surface area contributed by atoms with Gasteiger partial charge < -0.3 is 14.5 Å². The number of hydrogen-bond acceptors (Lipinski definition) is 5. The molecule has 0 saturated carbocycles. The van der Waals surface area contributed by atoms with Gasteiger partial charge in [-0.1, -0.05) is 12.1 Å². The Balaban J connectivity index is 1.52. The van der Waals surface area contributed by atoms with Crippen LogP contribution in [0.3, 0.4) is 0 Å². The van der Waals surface area contributed by atoms with Crippen LogP contribution in [-0.4, -0.2) is 30.3 Å². The predicted molar refractivity (Wildman–Crippen MR) is 114 cm³/mol. The van der Waals surface area contributed by atoms with E-state index in [4.69, 9.17) is 4.42 Å². The van der Waals surface area contributed by atoms with E-state index in [2.05, 4.69) is 31.2 Å². The molecule has 30 heavy (non-hydrogen) atoms. The van der Waals surface area contributed by atoms with Crippen molar-refractivity contribution in [2.45, 2.75) is 0 Å². The fourth-order valence-corrected chi connectivity index (χ4v) is 3.76. The lowest BCUT2D eigenvalue weighted by molar-refractivity contribution is 0.475. The van der Waals surface area contributed by atoms with E-state index < -0.39 is 0 Å². The molecule has 3 N–H and O–H groups in total. The molecule has 0 radical (unpaired) electrons. The highest BCUT2D eigenvalue weighted by Crippen LogP contribution is 2.34. The van der Waals surface area contributed by atoms with Gasteiger partial charge in [-0.2, -0.15) is 5.10 Å². The van der Waals surface area contributed by atoms with Crippen molar-refractivity contribution in [3.05, 3.63) is 73.5 Å². The Kier molecular flexibility index (Phi) is 3.48. The van der Waals surface area contributed by atoms with Crippen LogP contribution in [0.15, 0.2) is 77.9 Å². The third kappa shape index (κ3) is 2.56. The second-order valence-corrected chi connectivity index (χ2v) is 7.05. The lowest BCUT2D eigenvalue weighted by atomic mass is 10.1. The van der Waals surface area contributed by atoms with E-state index in [1.807, 2.05) is 24.3 Å². The summed E-state index contributed by atoms with van der Waals surface area (Å²) >= 11 is 0. The van der Waals surface area contributed by atoms with Gasteiger partial charge in [0.2, 0.25) is 0 Å². The molecule has 0 atom stereocenters. The zero-order valence-corrected chi connectivity index (χ0v) is 15.6. The summed E-state index contributed by atoms with van der Waals surface area (Å²) < 4.78 is 5.23. The Hall–Kier alpha value is -4.39. The van der Waals surface area contributed by atoms with Crippen LogP contribution in [0.25, 0.3) is 55.7 Å². The minimum Gasteiger partial charge on any atom is -0.508 e. The number of phenols is 1. The number of aromatic amines is 2. The molecule has 7 nitrogen and oxygen atoms in total. The average molecular weight is 393 g/mol. The van der Waals surface area contributed by atoms with Gasteiger partial charge in [0.05, 0.1) is 41.3 Å². The quantitative estimate of drug-likeness (QED) is 0.386. The van der Waals surface area contributed by atoms with E-state index in [0.29, 0.717) is 0 Å². The van der Waals surface area contributed by atoms with Crippen molar-refractivity contribution >= 4 is 21.8 Å². The van der Waals surface area contributed by atoms with E-state index >= 15 is 0 Å². The zero-order valence-electron chi connectivity index (χ0n) is 15.6. The highest BCUT2D eigenvalue weighted by Gasteiger charge is 2.15. The standard InChI is InChI=1S/C23H15N5O2/c29-15-3-1-2-13(8-15)19-9-17-21(11-25-19)27-28-23(17)20-10-16-18(26-20)4-6-24-22(16)14-5-7-30-12-14/h1-12,26,29H,(H,27,28). The first-order valence-electron chi connectivity index (χ1n) is 9.40. The van der Waals surface area contributed by atoms with E-state index in [-0.39, 0.29) is 5.75 Å². The lowest BCUT2D eigenvalue weighted by Gasteiger charge is -2.02. The molecule has 0 aliphatic carbocycles. The minimum absolute atomic E-state index is 0.205. The number of furan rings is 1. The molecule has 144 valence electrons. The topological polar surface area (TPSA) is 104 Å². The van der Waals surface area contributed by atoms with Gasteiger partial charge in [-0.15, -0.1) is 0 Å². The summed E-state index contributed by atoms with van der Waals surface area (Å²) in [5.41, 5.74) is 6.85. The van der Waals surface area contributed by atoms with Crippen molar-refractivity contribution in [1.82, 2.24) is 25.1 Å². The van der Waals surface area contributed by atoms with Crippen LogP contribution < -0.4 is 0 Å². The van der Waals surface area contributed by atoms with Gasteiger partial charge in [-0.25, -0.2) is 0 Å². The molecule has 0 unspecified atom stereocenters. The van der Waals surface area contributed by atoms with E-state index in [0.717, 1.165) is 55.7 Å². The maximum atomic E-state index is 9.80. The monoisotopic (exact) mass is 393 g/mol. The number of rotatable bonds is 3. The molecule has 6 rings (SSSR count). The number of phenolic OH excluding ortho intramolecular Hbond substituents is 1. The normalized spacial score (nSPS) is 11.5. The largest absolute Gasteiger partial charge is 0.508 e. The van der Waals surface area contributed by atoms with Gasteiger partial charge in [-0.3, -0.25) is 15.1 Å². The van der Waals surface area contributed by atoms with Crippen LogP contribution in [0.5, 0.6) is 5.75 Å². The number of H-pyrrole nitrogens is 2. The number of pyridine rings is 2. The van der Waals surface area contributed by atoms with Gasteiger partial charge in [0, 0.05) is 33.6 Å². The maximum Gasteiger partial charge on any atom is 0.116 e. The Morgan fingerprint density at radius 3 is 2.67 bits per heavy atom. The molecular weight excluding hydrogens is 378 g/mol. The number of nitrogens with one attached hydrogen (secondary N) is 2. The number of aromatic hydroxyl groups is 1. The van der Waals surface area contributed by atoms with Crippen molar-refractivity contribution in [2.24, 2.45) is 0 Å². The molecule has 0 amide bonds. The molecular formula is C23H15N5O2. The predicted octanol–water partition coefficient (Wildman–Crippen LogP) is 5.13. The van der Waals surface area contributed by atoms with Crippen LogP contribution in [0.1, 0.15) is 0 Å². The fraction of sp³-hybridized carbons (Fsp3) is 0. The molecule has 1 aromatic carbocycles. The summed E-state index contributed by atoms with van der Waals surface area (Å²) in [6, 6.07) is 14.9. The number of hydrogen-bond donors (Lipinski definition) is 3. The van der Waals surface area contributed by atoms with Crippen molar-refractivity contribution in [2.75, 3.05) is 0 Å². The van der Waals surface area contributed by atoms with Crippen LogP contribution >= 0.6 is 0 Å². The van der Waals surface area contributed by atoms with Crippen LogP contribution in [0.2, 0.25) is 0 Å². The first-order valence-corrected chi connectivity index (χ1v) is 9.40. The fourth-order valence-electron chi connectivity index (χ4n) is 3.76. The summed E-state index contributed by atoms with van der Waals surface area (Å²) in [6.45, 7) is 0. The minimum atomic E-state index is 0.205. The summed E-state index contributed by atoms with van der Waals surface area (Å²) in [5.74, 6) is 0.205. The molecule has 0 spiro atoms. The molecule has 5 aromatic heterocycles. The van der Waals surface area contributed by atoms with Crippen molar-refractivity contribution in [3.8, 4) is 39.7 Å². The van der Waals surface area contributed by atoms with E-state index in [9.17, 15) is 5.11 Å². The Morgan fingerprint density at radius 2 is 1.80 bits per heavy atom. The van der Waals surface area contributed by atoms with Gasteiger partial charge >= 0.3 is 0 Å². The molecule has 0 bridgehead atoms. The summed E-state index contributed by atoms with van der Waals surface area (Å²) in [7, 11) is 0. The average Bonchev–Trinajstić information content (AvgIpc) is 3.51. The first-order chi connectivity index (χ1) is 14.8. The molecule has 0 saturated heterocycles. The molecule has 0 aliphatic heterocycles. The Bertz CT molecular complexity index is 1510. The SMILES string of the molecule is Oc1cccc(-c2cc3c(-c4cc5c(-c6ccoc6)nccc5[nH]4)n[nH]c3cn2)c1. The molecule has 0 fully saturated rings. The van der Waals surface area contributed by atoms with Crippen LogP contribution in [-0.2, 0) is 0 Å². The van der Waals surface area contributed by atoms with Gasteiger partial charge in [0.15, 0.2) is 0 Å². The van der Waals surface area contributed by atoms with Gasteiger partial charge in [0.1, 0.15) is 11.4 Å². The lowest BCUT2D eigenvalue weighted by Crippen LogP contribution is -1.84. The second-order valence-electron chi connectivity index (χ2n) is 7.05. The number of fused-ring (bicyclic) bond motifs is 2. The summed E-state index contributed by atoms with van der Waals surface area (Å²) in [6.07, 6.45) is 6.86. The van der Waals surface area contributed by atoms with Crippen LogP contribution in [0, 0.1) is 0 Å². The summed E-state index contributed by atoms with van der Waals surface area (Å²) in [4.78, 5) is 12.5. The van der Waals surface area contributed by atoms with Crippen molar-refractivity contribution < 1.29 is 9.52 Å². The number of benzene rings is 1. The first kappa shape index (κ1) is 16.6. The third-order valence-corrected chi connectivity index (χ3v) is 5.19. The van der Waals surface area contributed by atoms with E-state index in [1.54, 1.807) is 43.1 Å². The van der Waals surface area contributed by atoms with Gasteiger partial charge in [0.25, 0.3) is 0 Å². The zero-order chi connectivity index (χ0) is 20.1. The number of nitrogens with zero attached hydrogens (tertiary/aromatic N) is 3. The van der Waals surface area contributed by atoms with Crippen molar-refractivity contribution in [1.29, 1.82) is 0 Å². The third-order valence-electron chi connectivity index (χ3n) is 5.19. The molecule has 5 heterocycles. The highest BCUT2D eigenvalue weighted by molar-refractivity contribution is 6.00. The van der Waals surface area contributed by atoms with Gasteiger partial charge in [-0.05, 0) is 36.4 Å². The number of aromatic nitrogens is 5. The highest BCUT2D eigenvalue weighted by atomic mass is 16.3. The Labute approximate surface area is 170 Å². The summed E-state index contributed by atoms with van der Waals surface area (Å²) in [5, 5.41) is 19.3. The second kappa shape index (κ2) is 6.31. The molecule has 0 aliphatic rings. The van der Waals surface area contributed by atoms with Crippen LogP contribution in [0.4, 0.5) is 0 Å². The smallest absolute Gasteiger partial charge is 0.116 e.